The molecule has 1 aliphatic heterocycles. The van der Waals surface area contributed by atoms with Crippen molar-refractivity contribution in [3.8, 4) is 17.1 Å². The maximum Gasteiger partial charge on any atom is 0.407 e. The van der Waals surface area contributed by atoms with E-state index in [2.05, 4.69) is 15.2 Å². The number of phenolic OH excluding ortho intramolecular Hbond substituents is 1. The maximum absolute atomic E-state index is 14.1. The van der Waals surface area contributed by atoms with E-state index < -0.39 is 6.09 Å². The summed E-state index contributed by atoms with van der Waals surface area (Å²) in [6.07, 6.45) is 0.437. The monoisotopic (exact) mass is 452 g/mol. The molecule has 2 heterocycles. The number of carbonyl (C=O) groups excluding carboxylic acids is 1. The lowest BCUT2D eigenvalue weighted by Crippen LogP contribution is -2.33. The molecule has 4 rings (SSSR count). The predicted molar refractivity (Wildman–Crippen MR) is 126 cm³/mol. The number of benzene rings is 2. The summed E-state index contributed by atoms with van der Waals surface area (Å²) < 4.78 is 19.3. The third kappa shape index (κ3) is 5.50. The van der Waals surface area contributed by atoms with Crippen LogP contribution in [0.3, 0.4) is 0 Å². The number of hydrogen-bond acceptors (Lipinski definition) is 6. The molecule has 1 aliphatic rings. The third-order valence-electron chi connectivity index (χ3n) is 5.54. The van der Waals surface area contributed by atoms with Gasteiger partial charge in [-0.3, -0.25) is 0 Å². The smallest absolute Gasteiger partial charge is 0.407 e. The fraction of sp³-hybridized carbons (Fsp3) is 0.400. The molecule has 1 saturated heterocycles. The molecular formula is C25H29FN4O3. The van der Waals surface area contributed by atoms with Crippen LogP contribution in [0, 0.1) is 17.2 Å². The summed E-state index contributed by atoms with van der Waals surface area (Å²) >= 11 is 0. The second-order valence-corrected chi connectivity index (χ2v) is 9.67. The Morgan fingerprint density at radius 1 is 1.24 bits per heavy atom. The van der Waals surface area contributed by atoms with Crippen molar-refractivity contribution in [1.29, 1.82) is 0 Å². The van der Waals surface area contributed by atoms with Gasteiger partial charge >= 0.3 is 6.09 Å². The van der Waals surface area contributed by atoms with E-state index in [-0.39, 0.29) is 22.9 Å². The normalized spacial score (nSPS) is 16.2. The average Bonchev–Trinajstić information content (AvgIpc) is 3.24. The molecule has 0 unspecified atom stereocenters. The van der Waals surface area contributed by atoms with Crippen LogP contribution >= 0.6 is 0 Å². The van der Waals surface area contributed by atoms with Gasteiger partial charge in [-0.2, -0.15) is 0 Å². The lowest BCUT2D eigenvalue weighted by atomic mass is 9.99. The highest BCUT2D eigenvalue weighted by molar-refractivity contribution is 5.91. The van der Waals surface area contributed by atoms with E-state index in [9.17, 15) is 14.3 Å². The van der Waals surface area contributed by atoms with Gasteiger partial charge in [0.25, 0.3) is 0 Å². The highest BCUT2D eigenvalue weighted by atomic mass is 19.1. The number of ether oxygens (including phenoxy) is 1. The maximum atomic E-state index is 14.1. The lowest BCUT2D eigenvalue weighted by Gasteiger charge is -2.21. The lowest BCUT2D eigenvalue weighted by molar-refractivity contribution is 0.105. The molecule has 7 nitrogen and oxygen atoms in total. The van der Waals surface area contributed by atoms with Crippen molar-refractivity contribution in [1.82, 2.24) is 15.3 Å². The first kappa shape index (κ1) is 22.8. The number of nitrogens with one attached hydrogen (secondary N) is 1. The number of aromatic hydroxyl groups is 1. The summed E-state index contributed by atoms with van der Waals surface area (Å²) in [4.78, 5) is 23.4. The number of carbonyl (C=O) groups is 1. The minimum absolute atomic E-state index is 0.0854. The first-order valence-electron chi connectivity index (χ1n) is 11.1. The van der Waals surface area contributed by atoms with Crippen LogP contribution in [0.1, 0.15) is 27.2 Å². The zero-order chi connectivity index (χ0) is 23.6. The Kier molecular flexibility index (Phi) is 6.35. The van der Waals surface area contributed by atoms with Crippen molar-refractivity contribution >= 4 is 22.8 Å². The number of phenols is 1. The summed E-state index contributed by atoms with van der Waals surface area (Å²) in [6, 6.07) is 11.3. The van der Waals surface area contributed by atoms with Gasteiger partial charge in [-0.25, -0.2) is 19.2 Å². The van der Waals surface area contributed by atoms with Gasteiger partial charge < -0.3 is 20.1 Å². The number of para-hydroxylation sites is 1. The van der Waals surface area contributed by atoms with Crippen LogP contribution in [0.5, 0.6) is 5.75 Å². The summed E-state index contributed by atoms with van der Waals surface area (Å²) in [5.74, 6) is 0.938. The van der Waals surface area contributed by atoms with E-state index in [0.717, 1.165) is 6.42 Å². The van der Waals surface area contributed by atoms with E-state index >= 15 is 0 Å². The number of rotatable bonds is 5. The zero-order valence-corrected chi connectivity index (χ0v) is 19.1. The minimum atomic E-state index is -0.417. The predicted octanol–water partition coefficient (Wildman–Crippen LogP) is 4.74. The molecular weight excluding hydrogens is 423 g/mol. The van der Waals surface area contributed by atoms with E-state index in [1.54, 1.807) is 24.3 Å². The van der Waals surface area contributed by atoms with E-state index in [0.29, 0.717) is 54.3 Å². The van der Waals surface area contributed by atoms with Crippen molar-refractivity contribution in [2.24, 2.45) is 11.3 Å². The summed E-state index contributed by atoms with van der Waals surface area (Å²) in [6.45, 7) is 8.23. The fourth-order valence-corrected chi connectivity index (χ4v) is 3.86. The largest absolute Gasteiger partial charge is 0.507 e. The van der Waals surface area contributed by atoms with Crippen LogP contribution in [-0.4, -0.2) is 47.4 Å². The summed E-state index contributed by atoms with van der Waals surface area (Å²) in [5, 5.41) is 13.8. The Balaban J connectivity index is 1.53. The number of anilines is 1. The number of fused-ring (bicyclic) bond motifs is 1. The van der Waals surface area contributed by atoms with Gasteiger partial charge in [0.2, 0.25) is 0 Å². The molecule has 0 spiro atoms. The van der Waals surface area contributed by atoms with E-state index in [1.165, 1.54) is 12.1 Å². The highest BCUT2D eigenvalue weighted by Gasteiger charge is 2.27. The van der Waals surface area contributed by atoms with Gasteiger partial charge in [-0.1, -0.05) is 32.9 Å². The Morgan fingerprint density at radius 3 is 2.79 bits per heavy atom. The summed E-state index contributed by atoms with van der Waals surface area (Å²) in [7, 11) is 0. The van der Waals surface area contributed by atoms with Crippen LogP contribution in [0.15, 0.2) is 42.5 Å². The number of amides is 1. The second kappa shape index (κ2) is 9.21. The topological polar surface area (TPSA) is 87.6 Å². The van der Waals surface area contributed by atoms with Crippen LogP contribution in [0.2, 0.25) is 0 Å². The molecule has 3 aromatic rings. The fourth-order valence-electron chi connectivity index (χ4n) is 3.86. The van der Waals surface area contributed by atoms with Crippen molar-refractivity contribution in [3.63, 3.8) is 0 Å². The Hall–Kier alpha value is -3.42. The number of halogens is 1. The molecule has 1 atom stereocenters. The Labute approximate surface area is 192 Å². The van der Waals surface area contributed by atoms with Crippen LogP contribution in [-0.2, 0) is 4.74 Å². The molecule has 33 heavy (non-hydrogen) atoms. The van der Waals surface area contributed by atoms with Gasteiger partial charge in [0.1, 0.15) is 17.4 Å². The van der Waals surface area contributed by atoms with Crippen molar-refractivity contribution in [2.45, 2.75) is 27.2 Å². The van der Waals surface area contributed by atoms with Crippen molar-refractivity contribution < 1.29 is 19.0 Å². The molecule has 174 valence electrons. The molecule has 1 aromatic heterocycles. The van der Waals surface area contributed by atoms with Gasteiger partial charge in [0.15, 0.2) is 5.82 Å². The quantitative estimate of drug-likeness (QED) is 0.581. The van der Waals surface area contributed by atoms with Gasteiger partial charge in [-0.05, 0) is 48.1 Å². The van der Waals surface area contributed by atoms with E-state index in [1.807, 2.05) is 26.8 Å². The van der Waals surface area contributed by atoms with Gasteiger partial charge in [-0.15, -0.1) is 0 Å². The second-order valence-electron chi connectivity index (χ2n) is 9.67. The number of hydrogen-bond donors (Lipinski definition) is 2. The molecule has 0 bridgehead atoms. The molecule has 1 fully saturated rings. The van der Waals surface area contributed by atoms with E-state index in [4.69, 9.17) is 9.72 Å². The molecule has 2 N–H and O–H groups in total. The minimum Gasteiger partial charge on any atom is -0.507 e. The number of alkyl carbamates (subject to hydrolysis) is 1. The zero-order valence-electron chi connectivity index (χ0n) is 19.1. The highest BCUT2D eigenvalue weighted by Crippen LogP contribution is 2.33. The number of aromatic nitrogens is 2. The molecule has 0 aliphatic carbocycles. The van der Waals surface area contributed by atoms with Gasteiger partial charge in [0.05, 0.1) is 17.7 Å². The first-order chi connectivity index (χ1) is 15.7. The van der Waals surface area contributed by atoms with Crippen molar-refractivity contribution in [2.75, 3.05) is 31.1 Å². The standard InChI is InChI=1S/C25H29FN4O3/c1-25(2,3)15-33-24(32)27-13-16-10-11-30(14-16)23-19-12-17(26)8-9-20(19)28-22(29-23)18-6-4-5-7-21(18)31/h4-9,12,16,31H,10-11,13-15H2,1-3H3,(H,27,32)/t16-/m0/s1. The Bertz CT molecular complexity index is 1160. The molecule has 0 radical (unpaired) electrons. The van der Waals surface area contributed by atoms with Crippen LogP contribution in [0.4, 0.5) is 15.0 Å². The molecule has 1 amide bonds. The molecule has 8 heteroatoms. The Morgan fingerprint density at radius 2 is 2.03 bits per heavy atom. The number of nitrogens with zero attached hydrogens (tertiary/aromatic N) is 3. The summed E-state index contributed by atoms with van der Waals surface area (Å²) in [5.41, 5.74) is 1.03. The molecule has 0 saturated carbocycles. The SMILES string of the molecule is CC(C)(C)COC(=O)NC[C@@H]1CCN(c2nc(-c3ccccc3O)nc3ccc(F)cc23)C1. The van der Waals surface area contributed by atoms with Crippen LogP contribution < -0.4 is 10.2 Å². The molecule has 2 aromatic carbocycles. The first-order valence-corrected chi connectivity index (χ1v) is 11.1. The average molecular weight is 453 g/mol. The van der Waals surface area contributed by atoms with Crippen LogP contribution in [0.25, 0.3) is 22.3 Å². The van der Waals surface area contributed by atoms with Gasteiger partial charge in [0, 0.05) is 25.0 Å². The third-order valence-corrected chi connectivity index (χ3v) is 5.54. The van der Waals surface area contributed by atoms with Crippen molar-refractivity contribution in [3.05, 3.63) is 48.3 Å².